The highest BCUT2D eigenvalue weighted by Gasteiger charge is 2.46. The summed E-state index contributed by atoms with van der Waals surface area (Å²) in [5.74, 6) is -0.457. The lowest BCUT2D eigenvalue weighted by Gasteiger charge is -2.09. The third-order valence-corrected chi connectivity index (χ3v) is 2.48. The molecule has 0 bridgehead atoms. The number of hydrogen-bond donors (Lipinski definition) is 1. The normalized spacial score (nSPS) is 42.5. The average Bonchev–Trinajstić information content (AvgIpc) is 2.41. The third-order valence-electron chi connectivity index (χ3n) is 2.48. The first kappa shape index (κ1) is 6.85. The summed E-state index contributed by atoms with van der Waals surface area (Å²) >= 11 is 0. The summed E-state index contributed by atoms with van der Waals surface area (Å²) < 4.78 is 4.97. The van der Waals surface area contributed by atoms with E-state index in [1.54, 1.807) is 0 Å². The van der Waals surface area contributed by atoms with Crippen molar-refractivity contribution in [1.82, 2.24) is 0 Å². The number of rotatable bonds is 0. The van der Waals surface area contributed by atoms with Crippen LogP contribution in [0.5, 0.6) is 0 Å². The number of carbonyl (C=O) groups excluding carboxylic acids is 1. The number of esters is 1. The van der Waals surface area contributed by atoms with Gasteiger partial charge >= 0.3 is 5.97 Å². The molecule has 0 amide bonds. The van der Waals surface area contributed by atoms with E-state index in [1.165, 1.54) is 0 Å². The Bertz CT molecular complexity index is 221. The van der Waals surface area contributed by atoms with E-state index in [0.717, 1.165) is 12.8 Å². The van der Waals surface area contributed by atoms with Crippen LogP contribution in [0.1, 0.15) is 12.8 Å². The maximum Gasteiger partial charge on any atom is 0.334 e. The second-order valence-electron chi connectivity index (χ2n) is 3.14. The molecule has 1 heterocycles. The van der Waals surface area contributed by atoms with Crippen molar-refractivity contribution < 1.29 is 14.6 Å². The molecule has 1 saturated carbocycles. The van der Waals surface area contributed by atoms with Crippen molar-refractivity contribution in [3.05, 3.63) is 12.2 Å². The number of aliphatic hydroxyl groups excluding tert-OH is 1. The van der Waals surface area contributed by atoms with Crippen LogP contribution in [0.4, 0.5) is 0 Å². The summed E-state index contributed by atoms with van der Waals surface area (Å²) in [6, 6.07) is 0. The minimum Gasteiger partial charge on any atom is -0.458 e. The van der Waals surface area contributed by atoms with Crippen molar-refractivity contribution in [3.8, 4) is 0 Å². The molecule has 2 rings (SSSR count). The molecule has 11 heavy (non-hydrogen) atoms. The number of hydrogen-bond acceptors (Lipinski definition) is 3. The van der Waals surface area contributed by atoms with Crippen LogP contribution in [0, 0.1) is 5.92 Å². The van der Waals surface area contributed by atoms with Gasteiger partial charge in [-0.15, -0.1) is 0 Å². The predicted octanol–water partition coefficient (Wildman–Crippen LogP) is 0.239. The number of ether oxygens (including phenoxy) is 1. The molecule has 0 aromatic carbocycles. The van der Waals surface area contributed by atoms with E-state index in [0.29, 0.717) is 5.57 Å². The fourth-order valence-corrected chi connectivity index (χ4v) is 1.88. The zero-order valence-electron chi connectivity index (χ0n) is 6.12. The largest absolute Gasteiger partial charge is 0.458 e. The van der Waals surface area contributed by atoms with Gasteiger partial charge in [0.05, 0.1) is 12.0 Å². The molecule has 2 aliphatic rings. The fraction of sp³-hybridized carbons (Fsp3) is 0.625. The van der Waals surface area contributed by atoms with E-state index in [2.05, 4.69) is 6.58 Å². The Morgan fingerprint density at radius 1 is 1.55 bits per heavy atom. The molecule has 0 aromatic heterocycles. The van der Waals surface area contributed by atoms with E-state index in [4.69, 9.17) is 4.74 Å². The summed E-state index contributed by atoms with van der Waals surface area (Å²) in [6.07, 6.45) is 0.988. The molecule has 0 unspecified atom stereocenters. The van der Waals surface area contributed by atoms with Crippen LogP contribution in [0.2, 0.25) is 0 Å². The first-order chi connectivity index (χ1) is 5.20. The highest BCUT2D eigenvalue weighted by Crippen LogP contribution is 2.39. The van der Waals surface area contributed by atoms with Gasteiger partial charge in [-0.05, 0) is 12.8 Å². The van der Waals surface area contributed by atoms with Gasteiger partial charge in [0.2, 0.25) is 0 Å². The Balaban J connectivity index is 2.26. The lowest BCUT2D eigenvalue weighted by atomic mass is 9.98. The smallest absolute Gasteiger partial charge is 0.334 e. The van der Waals surface area contributed by atoms with Crippen LogP contribution in [-0.2, 0) is 9.53 Å². The first-order valence-electron chi connectivity index (χ1n) is 3.78. The molecule has 3 heteroatoms. The minimum atomic E-state index is -0.418. The van der Waals surface area contributed by atoms with Gasteiger partial charge < -0.3 is 9.84 Å². The standard InChI is InChI=1S/C8H10O3/c1-4-7-5(9)2-3-6(7)11-8(4)10/h5-7,9H,1-3H2/t5-,6-,7+/m1/s1. The van der Waals surface area contributed by atoms with Gasteiger partial charge in [0.25, 0.3) is 0 Å². The summed E-state index contributed by atoms with van der Waals surface area (Å²) in [7, 11) is 0. The van der Waals surface area contributed by atoms with Crippen molar-refractivity contribution in [2.45, 2.75) is 25.0 Å². The van der Waals surface area contributed by atoms with Crippen molar-refractivity contribution in [2.24, 2.45) is 5.92 Å². The van der Waals surface area contributed by atoms with Gasteiger partial charge in [0.15, 0.2) is 0 Å². The molecule has 1 saturated heterocycles. The molecular weight excluding hydrogens is 144 g/mol. The first-order valence-corrected chi connectivity index (χ1v) is 3.78. The molecule has 0 spiro atoms. The molecule has 60 valence electrons. The zero-order chi connectivity index (χ0) is 8.01. The second-order valence-corrected chi connectivity index (χ2v) is 3.14. The molecule has 1 aliphatic heterocycles. The van der Waals surface area contributed by atoms with Gasteiger partial charge in [-0.1, -0.05) is 6.58 Å². The number of aliphatic hydroxyl groups is 1. The van der Waals surface area contributed by atoms with Crippen LogP contribution < -0.4 is 0 Å². The molecule has 3 nitrogen and oxygen atoms in total. The van der Waals surface area contributed by atoms with Crippen LogP contribution in [-0.4, -0.2) is 23.3 Å². The van der Waals surface area contributed by atoms with Gasteiger partial charge in [-0.3, -0.25) is 0 Å². The molecule has 2 fully saturated rings. The van der Waals surface area contributed by atoms with E-state index < -0.39 is 6.10 Å². The monoisotopic (exact) mass is 154 g/mol. The van der Waals surface area contributed by atoms with Gasteiger partial charge in [-0.2, -0.15) is 0 Å². The summed E-state index contributed by atoms with van der Waals surface area (Å²) in [4.78, 5) is 10.9. The maximum atomic E-state index is 10.9. The number of carbonyl (C=O) groups is 1. The Labute approximate surface area is 64.7 Å². The second kappa shape index (κ2) is 2.08. The van der Waals surface area contributed by atoms with E-state index in [9.17, 15) is 9.90 Å². The van der Waals surface area contributed by atoms with E-state index >= 15 is 0 Å². The van der Waals surface area contributed by atoms with E-state index in [1.807, 2.05) is 0 Å². The van der Waals surface area contributed by atoms with Crippen molar-refractivity contribution in [1.29, 1.82) is 0 Å². The fourth-order valence-electron chi connectivity index (χ4n) is 1.88. The molecule has 1 N–H and O–H groups in total. The van der Waals surface area contributed by atoms with Crippen LogP contribution in [0.25, 0.3) is 0 Å². The van der Waals surface area contributed by atoms with E-state index in [-0.39, 0.29) is 18.0 Å². The molecule has 0 aromatic rings. The molecule has 1 aliphatic carbocycles. The van der Waals surface area contributed by atoms with Crippen molar-refractivity contribution in [3.63, 3.8) is 0 Å². The maximum absolute atomic E-state index is 10.9. The Hall–Kier alpha value is -0.830. The van der Waals surface area contributed by atoms with Crippen molar-refractivity contribution >= 4 is 5.97 Å². The van der Waals surface area contributed by atoms with Crippen molar-refractivity contribution in [2.75, 3.05) is 0 Å². The Morgan fingerprint density at radius 3 is 2.91 bits per heavy atom. The molecule has 3 atom stereocenters. The number of fused-ring (bicyclic) bond motifs is 1. The van der Waals surface area contributed by atoms with Crippen LogP contribution in [0.3, 0.4) is 0 Å². The van der Waals surface area contributed by atoms with Gasteiger partial charge in [0, 0.05) is 5.57 Å². The minimum absolute atomic E-state index is 0.0926. The Morgan fingerprint density at radius 2 is 2.27 bits per heavy atom. The lowest BCUT2D eigenvalue weighted by Crippen LogP contribution is -2.18. The van der Waals surface area contributed by atoms with Gasteiger partial charge in [0.1, 0.15) is 6.10 Å². The zero-order valence-corrected chi connectivity index (χ0v) is 6.12. The predicted molar refractivity (Wildman–Crippen MR) is 37.8 cm³/mol. The van der Waals surface area contributed by atoms with Crippen LogP contribution in [0.15, 0.2) is 12.2 Å². The average molecular weight is 154 g/mol. The van der Waals surface area contributed by atoms with Gasteiger partial charge in [-0.25, -0.2) is 4.79 Å². The molecule has 0 radical (unpaired) electrons. The summed E-state index contributed by atoms with van der Waals surface area (Å²) in [6.45, 7) is 3.59. The SMILES string of the molecule is C=C1C(=O)O[C@@H]2CC[C@@H](O)[C@H]12. The quantitative estimate of drug-likeness (QED) is 0.401. The Kier molecular flexibility index (Phi) is 1.29. The topological polar surface area (TPSA) is 46.5 Å². The van der Waals surface area contributed by atoms with Crippen LogP contribution >= 0.6 is 0 Å². The summed E-state index contributed by atoms with van der Waals surface area (Å²) in [5.41, 5.74) is 0.444. The lowest BCUT2D eigenvalue weighted by molar-refractivity contribution is -0.138. The highest BCUT2D eigenvalue weighted by molar-refractivity contribution is 5.91. The molecular formula is C8H10O3. The third kappa shape index (κ3) is 0.807. The summed E-state index contributed by atoms with van der Waals surface area (Å²) in [5, 5.41) is 9.39. The highest BCUT2D eigenvalue weighted by atomic mass is 16.6.